The Hall–Kier alpha value is -1.92. The van der Waals surface area contributed by atoms with E-state index in [1.165, 1.54) is 16.1 Å². The van der Waals surface area contributed by atoms with Crippen LogP contribution in [0, 0.1) is 5.92 Å². The fourth-order valence-electron chi connectivity index (χ4n) is 4.32. The van der Waals surface area contributed by atoms with Crippen molar-refractivity contribution in [1.82, 2.24) is 14.8 Å². The van der Waals surface area contributed by atoms with Crippen LogP contribution in [0.3, 0.4) is 0 Å². The fraction of sp³-hybridized carbons (Fsp3) is 0.583. The lowest BCUT2D eigenvalue weighted by Crippen LogP contribution is -2.39. The van der Waals surface area contributed by atoms with Gasteiger partial charge in [0.1, 0.15) is 5.60 Å². The van der Waals surface area contributed by atoms with Crippen LogP contribution in [0.15, 0.2) is 24.3 Å². The Morgan fingerprint density at radius 3 is 2.67 bits per heavy atom. The van der Waals surface area contributed by atoms with E-state index >= 15 is 0 Å². The molecule has 1 amide bonds. The monoisotopic (exact) mass is 427 g/mol. The van der Waals surface area contributed by atoms with Gasteiger partial charge in [0.05, 0.1) is 20.9 Å². The smallest absolute Gasteiger partial charge is 0.414 e. The van der Waals surface area contributed by atoms with Crippen LogP contribution < -0.4 is 0 Å². The highest BCUT2D eigenvalue weighted by molar-refractivity contribution is 7.18. The normalized spacial score (nSPS) is 25.6. The van der Waals surface area contributed by atoms with Crippen molar-refractivity contribution in [2.45, 2.75) is 65.0 Å². The summed E-state index contributed by atoms with van der Waals surface area (Å²) >= 11 is 1.81. The summed E-state index contributed by atoms with van der Waals surface area (Å²) < 4.78 is 6.90. The molecule has 0 unspecified atom stereocenters. The number of allylic oxidation sites excluding steroid dienone is 1. The Bertz CT molecular complexity index is 964. The second-order valence-corrected chi connectivity index (χ2v) is 11.0. The predicted octanol–water partition coefficient (Wildman–Crippen LogP) is 5.72. The van der Waals surface area contributed by atoms with Gasteiger partial charge >= 0.3 is 6.09 Å². The number of aromatic nitrogens is 1. The molecule has 2 aromatic rings. The molecule has 0 aliphatic carbocycles. The van der Waals surface area contributed by atoms with Crippen molar-refractivity contribution < 1.29 is 9.53 Å². The van der Waals surface area contributed by atoms with Crippen molar-refractivity contribution in [1.29, 1.82) is 0 Å². The van der Waals surface area contributed by atoms with Crippen LogP contribution in [-0.2, 0) is 4.74 Å². The molecule has 0 spiro atoms. The molecule has 3 heterocycles. The van der Waals surface area contributed by atoms with E-state index in [1.807, 2.05) is 20.8 Å². The van der Waals surface area contributed by atoms with Gasteiger partial charge in [-0.05, 0) is 65.6 Å². The molecule has 0 bridgehead atoms. The summed E-state index contributed by atoms with van der Waals surface area (Å²) in [6.07, 6.45) is 4.02. The number of thiazole rings is 1. The van der Waals surface area contributed by atoms with Crippen molar-refractivity contribution in [3.63, 3.8) is 0 Å². The van der Waals surface area contributed by atoms with Gasteiger partial charge in [0.25, 0.3) is 0 Å². The molecule has 0 radical (unpaired) electrons. The number of nitrogens with zero attached hydrogens (tertiary/aromatic N) is 3. The third-order valence-electron chi connectivity index (χ3n) is 6.05. The van der Waals surface area contributed by atoms with Crippen LogP contribution in [0.2, 0.25) is 0 Å². The van der Waals surface area contributed by atoms with Crippen LogP contribution >= 0.6 is 11.3 Å². The van der Waals surface area contributed by atoms with E-state index in [1.54, 1.807) is 16.2 Å². The molecule has 6 heteroatoms. The van der Waals surface area contributed by atoms with Crippen LogP contribution in [0.4, 0.5) is 4.79 Å². The molecule has 30 heavy (non-hydrogen) atoms. The fourth-order valence-corrected chi connectivity index (χ4v) is 5.38. The van der Waals surface area contributed by atoms with Gasteiger partial charge in [-0.15, -0.1) is 11.3 Å². The van der Waals surface area contributed by atoms with Gasteiger partial charge in [0.15, 0.2) is 0 Å². The molecule has 2 aliphatic heterocycles. The minimum atomic E-state index is -0.512. The Balaban J connectivity index is 1.63. The molecule has 1 aromatic carbocycles. The van der Waals surface area contributed by atoms with E-state index < -0.39 is 5.60 Å². The number of benzene rings is 1. The van der Waals surface area contributed by atoms with E-state index in [0.717, 1.165) is 29.7 Å². The molecular weight excluding hydrogens is 394 g/mol. The number of likely N-dealkylation sites (N-methyl/N-ethyl adjacent to an activating group) is 1. The molecule has 1 fully saturated rings. The van der Waals surface area contributed by atoms with Crippen molar-refractivity contribution >= 4 is 33.3 Å². The van der Waals surface area contributed by atoms with E-state index in [-0.39, 0.29) is 6.09 Å². The standard InChI is InChI=1S/C24H33N3O2S/c1-15-7-9-20(27(13-15)23(28)29-24(3,4)5)17-8-10-21-19(12-17)25-22(30-21)18-11-16(2)26(6)14-18/h8-10,12,15-16,18H,7,11,13-14H2,1-6H3/t15-,16-,18+/m0/s1. The van der Waals surface area contributed by atoms with Crippen LogP contribution in [0.1, 0.15) is 63.9 Å². The number of likely N-dealkylation sites (tertiary alicyclic amines) is 1. The number of rotatable bonds is 2. The Labute approximate surface area is 183 Å². The number of amides is 1. The Morgan fingerprint density at radius 1 is 1.23 bits per heavy atom. The predicted molar refractivity (Wildman–Crippen MR) is 124 cm³/mol. The van der Waals surface area contributed by atoms with Crippen molar-refractivity contribution in [2.75, 3.05) is 20.1 Å². The second-order valence-electron chi connectivity index (χ2n) is 9.98. The van der Waals surface area contributed by atoms with Crippen LogP contribution in [0.25, 0.3) is 15.9 Å². The van der Waals surface area contributed by atoms with Gasteiger partial charge in [-0.3, -0.25) is 4.90 Å². The Morgan fingerprint density at radius 2 is 2.00 bits per heavy atom. The number of carbonyl (C=O) groups is 1. The molecule has 5 nitrogen and oxygen atoms in total. The zero-order valence-electron chi connectivity index (χ0n) is 18.9. The van der Waals surface area contributed by atoms with Crippen LogP contribution in [-0.4, -0.2) is 52.7 Å². The Kier molecular flexibility index (Phi) is 5.66. The SMILES string of the molecule is C[C@H]1CC=C(c2ccc3sc([C@@H]4C[C@H](C)N(C)C4)nc3c2)N(C(=O)OC(C)(C)C)C1. The minimum absolute atomic E-state index is 0.276. The summed E-state index contributed by atoms with van der Waals surface area (Å²) in [5, 5.41) is 1.23. The number of hydrogen-bond acceptors (Lipinski definition) is 5. The van der Waals surface area contributed by atoms with Crippen molar-refractivity contribution in [3.8, 4) is 0 Å². The average Bonchev–Trinajstić information content (AvgIpc) is 3.23. The van der Waals surface area contributed by atoms with Crippen molar-refractivity contribution in [2.24, 2.45) is 5.92 Å². The highest BCUT2D eigenvalue weighted by atomic mass is 32.1. The maximum atomic E-state index is 12.9. The van der Waals surface area contributed by atoms with Gasteiger partial charge in [-0.25, -0.2) is 9.78 Å². The molecule has 3 atom stereocenters. The molecular formula is C24H33N3O2S. The summed E-state index contributed by atoms with van der Waals surface area (Å²) in [6.45, 7) is 11.9. The van der Waals surface area contributed by atoms with E-state index in [4.69, 9.17) is 9.72 Å². The molecule has 1 aromatic heterocycles. The third kappa shape index (κ3) is 4.40. The molecule has 2 aliphatic rings. The first kappa shape index (κ1) is 21.3. The zero-order valence-corrected chi connectivity index (χ0v) is 19.8. The minimum Gasteiger partial charge on any atom is -0.443 e. The number of fused-ring (bicyclic) bond motifs is 1. The van der Waals surface area contributed by atoms with E-state index in [0.29, 0.717) is 24.4 Å². The highest BCUT2D eigenvalue weighted by Gasteiger charge is 2.31. The second kappa shape index (κ2) is 7.97. The lowest BCUT2D eigenvalue weighted by Gasteiger charge is -2.33. The lowest BCUT2D eigenvalue weighted by molar-refractivity contribution is 0.0327. The first-order valence-corrected chi connectivity index (χ1v) is 11.7. The lowest BCUT2D eigenvalue weighted by atomic mass is 9.98. The first-order valence-electron chi connectivity index (χ1n) is 10.9. The van der Waals surface area contributed by atoms with Crippen molar-refractivity contribution in [3.05, 3.63) is 34.8 Å². The van der Waals surface area contributed by atoms with Crippen LogP contribution in [0.5, 0.6) is 0 Å². The maximum Gasteiger partial charge on any atom is 0.414 e. The topological polar surface area (TPSA) is 45.7 Å². The third-order valence-corrected chi connectivity index (χ3v) is 7.25. The number of ether oxygens (including phenoxy) is 1. The summed E-state index contributed by atoms with van der Waals surface area (Å²) in [6, 6.07) is 7.01. The number of hydrogen-bond donors (Lipinski definition) is 0. The van der Waals surface area contributed by atoms with E-state index in [9.17, 15) is 4.79 Å². The van der Waals surface area contributed by atoms with E-state index in [2.05, 4.69) is 50.1 Å². The zero-order chi connectivity index (χ0) is 21.6. The molecule has 4 rings (SSSR count). The summed E-state index contributed by atoms with van der Waals surface area (Å²) in [4.78, 5) is 22.1. The summed E-state index contributed by atoms with van der Waals surface area (Å²) in [7, 11) is 2.19. The summed E-state index contributed by atoms with van der Waals surface area (Å²) in [5.74, 6) is 0.927. The summed E-state index contributed by atoms with van der Waals surface area (Å²) in [5.41, 5.74) is 2.49. The maximum absolute atomic E-state index is 12.9. The molecule has 0 N–H and O–H groups in total. The van der Waals surface area contributed by atoms with Gasteiger partial charge in [-0.2, -0.15) is 0 Å². The van der Waals surface area contributed by atoms with Gasteiger partial charge in [-0.1, -0.05) is 19.1 Å². The number of carbonyl (C=O) groups excluding carboxylic acids is 1. The average molecular weight is 428 g/mol. The van der Waals surface area contributed by atoms with Gasteiger partial charge in [0, 0.05) is 30.6 Å². The first-order chi connectivity index (χ1) is 14.1. The quantitative estimate of drug-likeness (QED) is 0.615. The molecule has 162 valence electrons. The van der Waals surface area contributed by atoms with Gasteiger partial charge in [0.2, 0.25) is 0 Å². The molecule has 0 saturated carbocycles. The van der Waals surface area contributed by atoms with Gasteiger partial charge < -0.3 is 9.64 Å². The molecule has 1 saturated heterocycles. The largest absolute Gasteiger partial charge is 0.443 e. The highest BCUT2D eigenvalue weighted by Crippen LogP contribution is 2.37.